The Bertz CT molecular complexity index is 851. The largest absolute Gasteiger partial charge is 0.491 e. The van der Waals surface area contributed by atoms with Crippen molar-refractivity contribution in [1.29, 1.82) is 0 Å². The molecule has 0 saturated carbocycles. The van der Waals surface area contributed by atoms with Gasteiger partial charge >= 0.3 is 6.09 Å². The second-order valence-corrected chi connectivity index (χ2v) is 7.31. The summed E-state index contributed by atoms with van der Waals surface area (Å²) in [6, 6.07) is 9.73. The first-order valence-corrected chi connectivity index (χ1v) is 8.85. The summed E-state index contributed by atoms with van der Waals surface area (Å²) in [6.07, 6.45) is -2.02. The van der Waals surface area contributed by atoms with Crippen LogP contribution in [-0.2, 0) is 4.74 Å². The number of alkyl carbamates (subject to hydrolysis) is 1. The lowest BCUT2D eigenvalue weighted by Crippen LogP contribution is -2.45. The molecule has 8 nitrogen and oxygen atoms in total. The topological polar surface area (TPSA) is 111 Å². The van der Waals surface area contributed by atoms with Crippen LogP contribution in [0.5, 0.6) is 5.75 Å². The predicted molar refractivity (Wildman–Crippen MR) is 103 cm³/mol. The van der Waals surface area contributed by atoms with Gasteiger partial charge in [0.15, 0.2) is 0 Å². The summed E-state index contributed by atoms with van der Waals surface area (Å²) < 4.78 is 24.1. The zero-order chi connectivity index (χ0) is 21.6. The smallest absolute Gasteiger partial charge is 0.408 e. The molecule has 156 valence electrons. The third-order valence-electron chi connectivity index (χ3n) is 3.75. The third-order valence-corrected chi connectivity index (χ3v) is 3.75. The molecule has 2 N–H and O–H groups in total. The molecular weight excluding hydrogens is 383 g/mol. The molecule has 0 aliphatic heterocycles. The summed E-state index contributed by atoms with van der Waals surface area (Å²) in [6.45, 7) is 4.88. The first kappa shape index (κ1) is 22.1. The molecule has 2 aromatic rings. The number of amides is 1. The van der Waals surface area contributed by atoms with E-state index >= 15 is 0 Å². The van der Waals surface area contributed by atoms with Gasteiger partial charge in [0.1, 0.15) is 29.9 Å². The highest BCUT2D eigenvalue weighted by molar-refractivity contribution is 5.68. The van der Waals surface area contributed by atoms with Crippen molar-refractivity contribution in [3.63, 3.8) is 0 Å². The first-order chi connectivity index (χ1) is 13.5. The Morgan fingerprint density at radius 2 is 1.90 bits per heavy atom. The van der Waals surface area contributed by atoms with Crippen molar-refractivity contribution in [3.8, 4) is 5.75 Å². The Labute approximate surface area is 167 Å². The van der Waals surface area contributed by atoms with Gasteiger partial charge in [-0.15, -0.1) is 0 Å². The fourth-order valence-electron chi connectivity index (χ4n) is 2.44. The average molecular weight is 406 g/mol. The summed E-state index contributed by atoms with van der Waals surface area (Å²) in [5.41, 5.74) is -0.552. The number of aliphatic hydroxyl groups is 1. The van der Waals surface area contributed by atoms with E-state index in [4.69, 9.17) is 9.47 Å². The molecule has 0 spiro atoms. The van der Waals surface area contributed by atoms with Crippen LogP contribution in [0, 0.1) is 15.9 Å². The number of nitro groups is 1. The quantitative estimate of drug-likeness (QED) is 0.535. The lowest BCUT2D eigenvalue weighted by Gasteiger charge is -2.27. The molecule has 2 aromatic carbocycles. The number of nitrogens with zero attached hydrogens (tertiary/aromatic N) is 1. The summed E-state index contributed by atoms with van der Waals surface area (Å²) in [7, 11) is 0. The zero-order valence-corrected chi connectivity index (χ0v) is 16.3. The number of benzene rings is 2. The molecule has 0 bridgehead atoms. The fraction of sp³-hybridized carbons (Fsp3) is 0.350. The standard InChI is InChI=1S/C20H23FN2O6/c1-20(2,3)29-19(25)22-17(12-28-16-6-4-5-14(21)11-16)18(24)13-7-9-15(10-8-13)23(26)27/h4-11,17-18,24H,12H2,1-3H3,(H,22,25)/t17-,18-/m1/s1. The van der Waals surface area contributed by atoms with Gasteiger partial charge in [0.25, 0.3) is 5.69 Å². The van der Waals surface area contributed by atoms with E-state index in [1.165, 1.54) is 48.5 Å². The van der Waals surface area contributed by atoms with Gasteiger partial charge in [0.2, 0.25) is 0 Å². The van der Waals surface area contributed by atoms with Crippen LogP contribution in [0.1, 0.15) is 32.4 Å². The van der Waals surface area contributed by atoms with Gasteiger partial charge in [-0.1, -0.05) is 6.07 Å². The van der Waals surface area contributed by atoms with E-state index in [2.05, 4.69) is 5.32 Å². The minimum Gasteiger partial charge on any atom is -0.491 e. The van der Waals surface area contributed by atoms with Crippen LogP contribution < -0.4 is 10.1 Å². The first-order valence-electron chi connectivity index (χ1n) is 8.85. The van der Waals surface area contributed by atoms with Crippen LogP contribution in [0.3, 0.4) is 0 Å². The van der Waals surface area contributed by atoms with E-state index in [-0.39, 0.29) is 18.0 Å². The van der Waals surface area contributed by atoms with Crippen LogP contribution in [0.25, 0.3) is 0 Å². The van der Waals surface area contributed by atoms with Gasteiger partial charge in [-0.05, 0) is 50.6 Å². The Morgan fingerprint density at radius 1 is 1.24 bits per heavy atom. The molecule has 2 rings (SSSR count). The Balaban J connectivity index is 2.17. The fourth-order valence-corrected chi connectivity index (χ4v) is 2.44. The SMILES string of the molecule is CC(C)(C)OC(=O)N[C@H](COc1cccc(F)c1)[C@H](O)c1ccc([N+](=O)[O-])cc1. The molecule has 0 aliphatic rings. The molecule has 0 unspecified atom stereocenters. The molecule has 0 aliphatic carbocycles. The van der Waals surface area contributed by atoms with Crippen LogP contribution in [-0.4, -0.2) is 34.4 Å². The third kappa shape index (κ3) is 7.04. The second kappa shape index (κ2) is 9.33. The molecule has 29 heavy (non-hydrogen) atoms. The number of hydrogen-bond donors (Lipinski definition) is 2. The highest BCUT2D eigenvalue weighted by atomic mass is 19.1. The number of halogens is 1. The Hall–Kier alpha value is -3.20. The molecular formula is C20H23FN2O6. The van der Waals surface area contributed by atoms with Crippen molar-refractivity contribution in [2.45, 2.75) is 38.5 Å². The second-order valence-electron chi connectivity index (χ2n) is 7.31. The van der Waals surface area contributed by atoms with E-state index < -0.39 is 34.6 Å². The summed E-state index contributed by atoms with van der Waals surface area (Å²) >= 11 is 0. The molecule has 0 aromatic heterocycles. The maximum Gasteiger partial charge on any atom is 0.408 e. The molecule has 2 atom stereocenters. The van der Waals surface area contributed by atoms with Crippen LogP contribution in [0.2, 0.25) is 0 Å². The van der Waals surface area contributed by atoms with Gasteiger partial charge in [0, 0.05) is 18.2 Å². The highest BCUT2D eigenvalue weighted by Crippen LogP contribution is 2.22. The number of rotatable bonds is 7. The van der Waals surface area contributed by atoms with Crippen LogP contribution in [0.15, 0.2) is 48.5 Å². The van der Waals surface area contributed by atoms with Gasteiger partial charge in [-0.2, -0.15) is 0 Å². The number of non-ortho nitro benzene ring substituents is 1. The normalized spacial score (nSPS) is 13.3. The van der Waals surface area contributed by atoms with Crippen molar-refractivity contribution in [2.24, 2.45) is 0 Å². The van der Waals surface area contributed by atoms with Gasteiger partial charge in [-0.25, -0.2) is 9.18 Å². The summed E-state index contributed by atoms with van der Waals surface area (Å²) in [5, 5.41) is 24.0. The highest BCUT2D eigenvalue weighted by Gasteiger charge is 2.27. The van der Waals surface area contributed by atoms with E-state index in [0.717, 1.165) is 0 Å². The number of carbonyl (C=O) groups is 1. The lowest BCUT2D eigenvalue weighted by atomic mass is 10.0. The van der Waals surface area contributed by atoms with Crippen molar-refractivity contribution in [1.82, 2.24) is 5.32 Å². The maximum absolute atomic E-state index is 13.3. The molecule has 0 saturated heterocycles. The Morgan fingerprint density at radius 3 is 2.45 bits per heavy atom. The molecule has 1 amide bonds. The summed E-state index contributed by atoms with van der Waals surface area (Å²) in [4.78, 5) is 22.4. The average Bonchev–Trinajstić information content (AvgIpc) is 2.63. The lowest BCUT2D eigenvalue weighted by molar-refractivity contribution is -0.384. The van der Waals surface area contributed by atoms with E-state index in [0.29, 0.717) is 5.56 Å². The van der Waals surface area contributed by atoms with Crippen molar-refractivity contribution in [2.75, 3.05) is 6.61 Å². The number of carbonyl (C=O) groups excluding carboxylic acids is 1. The van der Waals surface area contributed by atoms with Gasteiger partial charge in [-0.3, -0.25) is 10.1 Å². The number of ether oxygens (including phenoxy) is 2. The molecule has 9 heteroatoms. The minimum absolute atomic E-state index is 0.131. The predicted octanol–water partition coefficient (Wildman–Crippen LogP) is 3.74. The molecule has 0 radical (unpaired) electrons. The number of hydrogen-bond acceptors (Lipinski definition) is 6. The van der Waals surface area contributed by atoms with E-state index in [9.17, 15) is 24.4 Å². The number of nitro benzene ring substituents is 1. The number of aliphatic hydroxyl groups excluding tert-OH is 1. The molecule has 0 heterocycles. The molecule has 0 fully saturated rings. The maximum atomic E-state index is 13.3. The minimum atomic E-state index is -1.25. The van der Waals surface area contributed by atoms with Crippen LogP contribution >= 0.6 is 0 Å². The van der Waals surface area contributed by atoms with Crippen molar-refractivity contribution < 1.29 is 28.7 Å². The monoisotopic (exact) mass is 406 g/mol. The van der Waals surface area contributed by atoms with E-state index in [1.807, 2.05) is 0 Å². The van der Waals surface area contributed by atoms with E-state index in [1.54, 1.807) is 20.8 Å². The van der Waals surface area contributed by atoms with Crippen molar-refractivity contribution in [3.05, 3.63) is 70.0 Å². The Kier molecular flexibility index (Phi) is 7.11. The van der Waals surface area contributed by atoms with Gasteiger partial charge in [0.05, 0.1) is 11.0 Å². The van der Waals surface area contributed by atoms with Gasteiger partial charge < -0.3 is 19.9 Å². The number of nitrogens with one attached hydrogen (secondary N) is 1. The van der Waals surface area contributed by atoms with Crippen molar-refractivity contribution >= 4 is 11.8 Å². The van der Waals surface area contributed by atoms with Crippen LogP contribution in [0.4, 0.5) is 14.9 Å². The summed E-state index contributed by atoms with van der Waals surface area (Å²) in [5.74, 6) is -0.271. The zero-order valence-electron chi connectivity index (χ0n) is 16.3.